The van der Waals surface area contributed by atoms with Crippen LogP contribution in [0.1, 0.15) is 26.3 Å². The van der Waals surface area contributed by atoms with E-state index in [0.29, 0.717) is 16.8 Å². The molecule has 0 spiro atoms. The molecule has 0 aromatic heterocycles. The van der Waals surface area contributed by atoms with E-state index in [1.165, 1.54) is 18.3 Å². The molecular formula is C33H24N4O5. The number of carbonyl (C=O) groups excluding carboxylic acids is 4. The Balaban J connectivity index is 1.30. The van der Waals surface area contributed by atoms with Gasteiger partial charge in [-0.05, 0) is 53.2 Å². The van der Waals surface area contributed by atoms with E-state index >= 15 is 0 Å². The number of ether oxygens (including phenoxy) is 1. The van der Waals surface area contributed by atoms with E-state index in [-0.39, 0.29) is 17.0 Å². The number of hydrogen-bond donors (Lipinski definition) is 3. The predicted octanol–water partition coefficient (Wildman–Crippen LogP) is 5.40. The first-order valence-corrected chi connectivity index (χ1v) is 12.9. The number of hydrogen-bond acceptors (Lipinski definition) is 6. The molecule has 0 aliphatic rings. The summed E-state index contributed by atoms with van der Waals surface area (Å²) in [5.41, 5.74) is 3.90. The summed E-state index contributed by atoms with van der Waals surface area (Å²) >= 11 is 0. The number of para-hydroxylation sites is 2. The van der Waals surface area contributed by atoms with Crippen LogP contribution in [0.5, 0.6) is 5.75 Å². The van der Waals surface area contributed by atoms with Crippen molar-refractivity contribution in [2.75, 3.05) is 10.6 Å². The van der Waals surface area contributed by atoms with Crippen LogP contribution in [0.15, 0.2) is 126 Å². The summed E-state index contributed by atoms with van der Waals surface area (Å²) in [7, 11) is 0. The zero-order valence-corrected chi connectivity index (χ0v) is 22.1. The Bertz CT molecular complexity index is 1800. The first-order chi connectivity index (χ1) is 20.5. The molecule has 0 fully saturated rings. The average molecular weight is 557 g/mol. The zero-order chi connectivity index (χ0) is 29.3. The fraction of sp³-hybridized carbons (Fsp3) is 0. The van der Waals surface area contributed by atoms with E-state index in [0.717, 1.165) is 10.8 Å². The Morgan fingerprint density at radius 3 is 2.10 bits per heavy atom. The fourth-order valence-corrected chi connectivity index (χ4v) is 4.13. The molecule has 0 saturated heterocycles. The van der Waals surface area contributed by atoms with Gasteiger partial charge in [0.25, 0.3) is 5.91 Å². The number of nitrogens with one attached hydrogen (secondary N) is 3. The summed E-state index contributed by atoms with van der Waals surface area (Å²) in [4.78, 5) is 50.8. The van der Waals surface area contributed by atoms with E-state index in [2.05, 4.69) is 21.2 Å². The maximum absolute atomic E-state index is 12.8. The van der Waals surface area contributed by atoms with Gasteiger partial charge in [0, 0.05) is 11.3 Å². The molecular weight excluding hydrogens is 532 g/mol. The minimum Gasteiger partial charge on any atom is -0.422 e. The second kappa shape index (κ2) is 12.8. The molecule has 0 aliphatic carbocycles. The number of anilines is 2. The van der Waals surface area contributed by atoms with Gasteiger partial charge in [-0.2, -0.15) is 5.10 Å². The number of esters is 1. The quantitative estimate of drug-likeness (QED) is 0.0814. The molecule has 9 nitrogen and oxygen atoms in total. The highest BCUT2D eigenvalue weighted by Crippen LogP contribution is 2.27. The molecule has 0 aliphatic heterocycles. The molecule has 42 heavy (non-hydrogen) atoms. The molecule has 0 unspecified atom stereocenters. The van der Waals surface area contributed by atoms with Crippen LogP contribution >= 0.6 is 0 Å². The number of rotatable bonds is 7. The van der Waals surface area contributed by atoms with Gasteiger partial charge < -0.3 is 15.4 Å². The minimum atomic E-state index is -1.06. The number of hydrazone groups is 1. The van der Waals surface area contributed by atoms with E-state index in [4.69, 9.17) is 4.74 Å². The molecule has 0 saturated carbocycles. The van der Waals surface area contributed by atoms with Gasteiger partial charge >= 0.3 is 17.8 Å². The maximum atomic E-state index is 12.8. The van der Waals surface area contributed by atoms with Gasteiger partial charge in [0.2, 0.25) is 0 Å². The lowest BCUT2D eigenvalue weighted by Gasteiger charge is -2.11. The lowest BCUT2D eigenvalue weighted by atomic mass is 10.0. The van der Waals surface area contributed by atoms with E-state index in [1.807, 2.05) is 30.3 Å². The summed E-state index contributed by atoms with van der Waals surface area (Å²) < 4.78 is 5.64. The van der Waals surface area contributed by atoms with Crippen molar-refractivity contribution in [3.63, 3.8) is 0 Å². The molecule has 3 N–H and O–H groups in total. The van der Waals surface area contributed by atoms with Crippen LogP contribution < -0.4 is 20.8 Å². The molecule has 5 aromatic carbocycles. The Morgan fingerprint density at radius 1 is 0.643 bits per heavy atom. The zero-order valence-electron chi connectivity index (χ0n) is 22.1. The van der Waals surface area contributed by atoms with Gasteiger partial charge in [-0.15, -0.1) is 0 Å². The first kappa shape index (κ1) is 27.5. The Kier molecular flexibility index (Phi) is 8.40. The van der Waals surface area contributed by atoms with Crippen LogP contribution in [-0.4, -0.2) is 29.9 Å². The fourth-order valence-electron chi connectivity index (χ4n) is 4.13. The van der Waals surface area contributed by atoms with Gasteiger partial charge in [-0.1, -0.05) is 78.9 Å². The van der Waals surface area contributed by atoms with Crippen LogP contribution in [-0.2, 0) is 9.59 Å². The third-order valence-corrected chi connectivity index (χ3v) is 6.16. The van der Waals surface area contributed by atoms with E-state index < -0.39 is 23.7 Å². The van der Waals surface area contributed by atoms with Crippen LogP contribution in [0.25, 0.3) is 10.8 Å². The Hall–Kier alpha value is -6.09. The van der Waals surface area contributed by atoms with Crippen LogP contribution in [0, 0.1) is 0 Å². The van der Waals surface area contributed by atoms with Crippen LogP contribution in [0.4, 0.5) is 11.4 Å². The molecule has 0 heterocycles. The largest absolute Gasteiger partial charge is 0.422 e. The molecule has 9 heteroatoms. The summed E-state index contributed by atoms with van der Waals surface area (Å²) in [5.74, 6) is -2.88. The van der Waals surface area contributed by atoms with E-state index in [1.54, 1.807) is 78.9 Å². The Morgan fingerprint density at radius 2 is 1.31 bits per heavy atom. The first-order valence-electron chi connectivity index (χ1n) is 12.9. The van der Waals surface area contributed by atoms with Crippen LogP contribution in [0.3, 0.4) is 0 Å². The highest BCUT2D eigenvalue weighted by Gasteiger charge is 2.18. The lowest BCUT2D eigenvalue weighted by Crippen LogP contribution is -2.33. The van der Waals surface area contributed by atoms with Crippen molar-refractivity contribution in [3.8, 4) is 5.75 Å². The van der Waals surface area contributed by atoms with Crippen molar-refractivity contribution < 1.29 is 23.9 Å². The van der Waals surface area contributed by atoms with Gasteiger partial charge in [0.15, 0.2) is 0 Å². The highest BCUT2D eigenvalue weighted by atomic mass is 16.5. The molecule has 5 rings (SSSR count). The molecule has 3 amide bonds. The standard InChI is InChI=1S/C33H24N4O5/c38-30(35-24-14-5-2-6-15-24)26-17-9-10-18-28(26)36-31(39)32(40)37-34-21-27-25-16-8-7-11-22(25)19-20-29(27)42-33(41)23-12-3-1-4-13-23/h1-21H,(H,35,38)(H,36,39)(H,37,40)/b34-21+. The van der Waals surface area contributed by atoms with Crippen molar-refractivity contribution in [2.45, 2.75) is 0 Å². The number of amides is 3. The van der Waals surface area contributed by atoms with Crippen molar-refractivity contribution in [1.29, 1.82) is 0 Å². The number of nitrogens with zero attached hydrogens (tertiary/aromatic N) is 1. The second-order valence-electron chi connectivity index (χ2n) is 8.97. The third kappa shape index (κ3) is 6.54. The number of carbonyl (C=O) groups is 4. The minimum absolute atomic E-state index is 0.152. The van der Waals surface area contributed by atoms with Crippen molar-refractivity contribution in [1.82, 2.24) is 5.43 Å². The van der Waals surface area contributed by atoms with Gasteiger partial charge in [-0.25, -0.2) is 10.2 Å². The molecule has 0 radical (unpaired) electrons. The third-order valence-electron chi connectivity index (χ3n) is 6.16. The van der Waals surface area contributed by atoms with Gasteiger partial charge in [0.1, 0.15) is 5.75 Å². The topological polar surface area (TPSA) is 126 Å². The lowest BCUT2D eigenvalue weighted by molar-refractivity contribution is -0.136. The summed E-state index contributed by atoms with van der Waals surface area (Å²) in [6.07, 6.45) is 1.31. The smallest absolute Gasteiger partial charge is 0.343 e. The van der Waals surface area contributed by atoms with Gasteiger partial charge in [0.05, 0.1) is 23.0 Å². The maximum Gasteiger partial charge on any atom is 0.343 e. The SMILES string of the molecule is O=C(N/N=C/c1c(OC(=O)c2ccccc2)ccc2ccccc12)C(=O)Nc1ccccc1C(=O)Nc1ccccc1. The van der Waals surface area contributed by atoms with Crippen molar-refractivity contribution >= 4 is 52.1 Å². The van der Waals surface area contributed by atoms with Crippen molar-refractivity contribution in [2.24, 2.45) is 5.10 Å². The normalized spacial score (nSPS) is 10.7. The van der Waals surface area contributed by atoms with E-state index in [9.17, 15) is 19.2 Å². The highest BCUT2D eigenvalue weighted by molar-refractivity contribution is 6.40. The Labute approximate surface area is 240 Å². The number of benzene rings is 5. The summed E-state index contributed by atoms with van der Waals surface area (Å²) in [6, 6.07) is 34.5. The average Bonchev–Trinajstić information content (AvgIpc) is 3.03. The monoisotopic (exact) mass is 556 g/mol. The number of fused-ring (bicyclic) bond motifs is 1. The molecule has 0 atom stereocenters. The molecule has 5 aromatic rings. The molecule has 206 valence electrons. The van der Waals surface area contributed by atoms with Crippen molar-refractivity contribution in [3.05, 3.63) is 138 Å². The summed E-state index contributed by atoms with van der Waals surface area (Å²) in [5, 5.41) is 10.7. The van der Waals surface area contributed by atoms with Crippen LogP contribution in [0.2, 0.25) is 0 Å². The van der Waals surface area contributed by atoms with Gasteiger partial charge in [-0.3, -0.25) is 14.4 Å². The summed E-state index contributed by atoms with van der Waals surface area (Å²) in [6.45, 7) is 0. The predicted molar refractivity (Wildman–Crippen MR) is 161 cm³/mol. The second-order valence-corrected chi connectivity index (χ2v) is 8.97. The molecule has 0 bridgehead atoms.